The van der Waals surface area contributed by atoms with Crippen molar-refractivity contribution in [2.75, 3.05) is 44.8 Å². The van der Waals surface area contributed by atoms with Gasteiger partial charge in [-0.3, -0.25) is 23.9 Å². The number of ether oxygens (including phenoxy) is 3. The number of carbonyl (C=O) groups is 6. The van der Waals surface area contributed by atoms with Gasteiger partial charge < -0.3 is 77.0 Å². The zero-order chi connectivity index (χ0) is 79.9. The second-order valence-electron chi connectivity index (χ2n) is 28.7. The first kappa shape index (κ1) is 86.8. The number of rotatable bonds is 34. The molecule has 111 heavy (non-hydrogen) atoms. The summed E-state index contributed by atoms with van der Waals surface area (Å²) in [6.07, 6.45) is 2.85. The molecule has 2 aliphatic rings. The highest BCUT2D eigenvalue weighted by Crippen LogP contribution is 2.31. The molecule has 29 heteroatoms. The monoisotopic (exact) mass is 1580 g/mol. The molecule has 0 aliphatic carbocycles. The van der Waals surface area contributed by atoms with Gasteiger partial charge in [-0.05, 0) is 110 Å². The van der Waals surface area contributed by atoms with Crippen molar-refractivity contribution in [3.05, 3.63) is 228 Å². The van der Waals surface area contributed by atoms with Crippen molar-refractivity contribution in [1.29, 1.82) is 0 Å². The Labute approximate surface area is 662 Å². The van der Waals surface area contributed by atoms with Crippen LogP contribution in [0, 0.1) is 25.7 Å². The third-order valence-corrected chi connectivity index (χ3v) is 21.6. The van der Waals surface area contributed by atoms with E-state index >= 15 is 0 Å². The molecule has 8 aromatic rings. The van der Waals surface area contributed by atoms with Gasteiger partial charge in [-0.25, -0.2) is 24.2 Å². The minimum atomic E-state index is -1.05. The molecule has 2 saturated heterocycles. The summed E-state index contributed by atoms with van der Waals surface area (Å²) in [5.41, 5.74) is 12.9. The lowest BCUT2D eigenvalue weighted by molar-refractivity contribution is -0.128. The maximum absolute atomic E-state index is 13.9. The van der Waals surface area contributed by atoms with E-state index in [0.29, 0.717) is 62.7 Å². The molecule has 0 spiro atoms. The number of hydrogen-bond acceptors (Lipinski definition) is 20. The van der Waals surface area contributed by atoms with Crippen molar-refractivity contribution in [3.8, 4) is 5.75 Å². The Morgan fingerprint density at radius 2 is 1.25 bits per heavy atom. The van der Waals surface area contributed by atoms with Crippen LogP contribution in [0.1, 0.15) is 122 Å². The molecular weight excluding hydrogens is 1470 g/mol. The summed E-state index contributed by atoms with van der Waals surface area (Å²) in [5.74, 6) is 0.491. The van der Waals surface area contributed by atoms with Gasteiger partial charge in [-0.15, -0.1) is 34.4 Å². The molecule has 0 unspecified atom stereocenters. The summed E-state index contributed by atoms with van der Waals surface area (Å²) in [7, 11) is 1.68. The number of nitrogen functional groups attached to an aromatic ring is 1. The smallest absolute Gasteiger partial charge is 0.407 e. The number of carbonyl (C=O) groups excluding carboxylic acids is 6. The molecule has 11 N–H and O–H groups in total. The van der Waals surface area contributed by atoms with Crippen LogP contribution in [0.25, 0.3) is 0 Å². The molecule has 3 aromatic heterocycles. The van der Waals surface area contributed by atoms with Crippen molar-refractivity contribution in [1.82, 2.24) is 61.2 Å². The summed E-state index contributed by atoms with van der Waals surface area (Å²) in [5, 5.41) is 53.1. The quantitative estimate of drug-likeness (QED) is 0.0179. The number of amides is 8. The highest BCUT2D eigenvalue weighted by Gasteiger charge is 2.37. The second kappa shape index (κ2) is 44.3. The van der Waals surface area contributed by atoms with Gasteiger partial charge in [0, 0.05) is 61.7 Å². The standard InChI is InChI=1S/C37H48N6O5S2.C37H48N4O5.C8H11N3O3S/c1-24(2)33(42-36(46)43(5)20-29-22-49-35(40-29)25(3)4)34(45)39-28(16-26-12-8-6-9-13-26)18-32(44)31(17-27-14-10-7-11-15-27)41-37(47)48-21-30-19-38-23-50-30;1-25(2)34(41-20-12-19-38-37(41)45)36(44)39-30(21-28-15-7-5-8-16-28)23-32(42)31(22-29-17-9-6-10-18-29)40-33(43)24-46-35-26(3)13-11-14-27(35)4;9-5-1-2-11(8(13)10-5)6-4-15-7(3-12)14-6/h6-15,19,22-25,28,31-33,44H,16-18,20-21H2,1-5H3,(H,39,45)(H,41,47)(H,42,46);5-11,13-18,25,30-32,34,42H,12,19-24H2,1-4H3,(H,38,45)(H,39,44)(H,40,43);1-2,6-7,12H,3-4H2,(H2,9,10,13)/t28-,31-,32-,33-;30-,31-,32-,34-;6-,7+/m000/s1. The highest BCUT2D eigenvalue weighted by atomic mass is 32.2. The van der Waals surface area contributed by atoms with Gasteiger partial charge in [-0.2, -0.15) is 4.98 Å². The first-order valence-corrected chi connectivity index (χ1v) is 40.3. The van der Waals surface area contributed by atoms with Gasteiger partial charge in [-0.1, -0.05) is 181 Å². The number of para-hydroxylation sites is 1. The van der Waals surface area contributed by atoms with Crippen LogP contribution >= 0.6 is 34.4 Å². The molecule has 596 valence electrons. The van der Waals surface area contributed by atoms with Crippen molar-refractivity contribution < 1.29 is 58.3 Å². The fourth-order valence-electron chi connectivity index (χ4n) is 12.8. The molecule has 10 atom stereocenters. The van der Waals surface area contributed by atoms with Crippen LogP contribution in [0.2, 0.25) is 0 Å². The van der Waals surface area contributed by atoms with E-state index in [2.05, 4.69) is 60.7 Å². The molecule has 8 amide bonds. The van der Waals surface area contributed by atoms with E-state index in [1.807, 2.05) is 186 Å². The minimum absolute atomic E-state index is 0.0572. The van der Waals surface area contributed by atoms with E-state index in [-0.39, 0.29) is 91.8 Å². The first-order valence-electron chi connectivity index (χ1n) is 37.5. The topological polar surface area (TPSA) is 356 Å². The SMILES string of the molecule is CC(C)c1nc(CN(C)C(=O)N[C@H](C(=O)N[C@@H](Cc2ccccc2)C[C@H](O)[C@H](Cc2ccccc2)NC(=O)OCc2cncs2)C(C)C)cs1.Cc1cccc(C)c1OCC(=O)N[C@@H](Cc1ccccc1)[C@@H](O)C[C@H](Cc1ccccc1)NC(=O)[C@H](C(C)C)N1CCCNC1=O.Nc1ccn([C@@H]2CS[C@H](CO)O2)c(=O)n1. The maximum Gasteiger partial charge on any atom is 0.407 e. The Kier molecular flexibility index (Phi) is 34.7. The van der Waals surface area contributed by atoms with E-state index in [1.54, 1.807) is 47.3 Å². The van der Waals surface area contributed by atoms with Crippen molar-refractivity contribution >= 4 is 76.1 Å². The average molecular weight is 1580 g/mol. The number of aliphatic hydroxyl groups excluding tert-OH is 3. The third kappa shape index (κ3) is 28.2. The number of urea groups is 2. The second-order valence-corrected chi connectivity index (χ2v) is 31.7. The number of aryl methyl sites for hydroxylation is 2. The Balaban J connectivity index is 0.000000235. The van der Waals surface area contributed by atoms with Crippen molar-refractivity contribution in [2.24, 2.45) is 11.8 Å². The summed E-state index contributed by atoms with van der Waals surface area (Å²) >= 11 is 4.42. The first-order chi connectivity index (χ1) is 53.3. The molecule has 0 bridgehead atoms. The number of aliphatic hydroxyl groups is 3. The number of anilines is 1. The summed E-state index contributed by atoms with van der Waals surface area (Å²) in [6.45, 7) is 16.9. The van der Waals surface area contributed by atoms with Crippen LogP contribution in [0.3, 0.4) is 0 Å². The number of nitrogens with two attached hydrogens (primary N) is 1. The summed E-state index contributed by atoms with van der Waals surface area (Å²) in [4.78, 5) is 107. The number of thiazole rings is 2. The lowest BCUT2D eigenvalue weighted by atomic mass is 9.92. The van der Waals surface area contributed by atoms with Crippen LogP contribution in [-0.4, -0.2) is 174 Å². The number of benzene rings is 5. The average Bonchev–Trinajstić information content (AvgIpc) is 1.82. The van der Waals surface area contributed by atoms with Crippen LogP contribution in [0.5, 0.6) is 5.75 Å². The van der Waals surface area contributed by atoms with Gasteiger partial charge >= 0.3 is 23.8 Å². The Hall–Kier alpha value is -9.75. The Morgan fingerprint density at radius 1 is 0.694 bits per heavy atom. The van der Waals surface area contributed by atoms with E-state index in [0.717, 1.165) is 55.4 Å². The van der Waals surface area contributed by atoms with Crippen LogP contribution in [0.15, 0.2) is 174 Å². The highest BCUT2D eigenvalue weighted by molar-refractivity contribution is 8.00. The van der Waals surface area contributed by atoms with Crippen LogP contribution in [0.4, 0.5) is 20.2 Å². The predicted molar refractivity (Wildman–Crippen MR) is 433 cm³/mol. The summed E-state index contributed by atoms with van der Waals surface area (Å²) in [6, 6.07) is 41.6. The number of thioether (sulfide) groups is 1. The molecule has 0 saturated carbocycles. The number of nitrogens with one attached hydrogen (secondary N) is 6. The van der Waals surface area contributed by atoms with Gasteiger partial charge in [0.05, 0.1) is 58.5 Å². The van der Waals surface area contributed by atoms with Crippen LogP contribution < -0.4 is 48.1 Å². The molecule has 0 radical (unpaired) electrons. The van der Waals surface area contributed by atoms with Crippen molar-refractivity contribution in [3.63, 3.8) is 0 Å². The summed E-state index contributed by atoms with van der Waals surface area (Å²) < 4.78 is 18.1. The Bertz CT molecular complexity index is 4220. The van der Waals surface area contributed by atoms with Crippen molar-refractivity contribution in [2.45, 2.75) is 180 Å². The predicted octanol–water partition coefficient (Wildman–Crippen LogP) is 9.64. The lowest BCUT2D eigenvalue weighted by Gasteiger charge is -2.37. The molecule has 26 nitrogen and oxygen atoms in total. The van der Waals surface area contributed by atoms with E-state index < -0.39 is 60.2 Å². The molecule has 5 aromatic carbocycles. The normalized spacial score (nSPS) is 16.2. The largest absolute Gasteiger partial charge is 0.483 e. The maximum atomic E-state index is 13.9. The fraction of sp³-hybridized carbons (Fsp3) is 0.439. The molecule has 5 heterocycles. The zero-order valence-electron chi connectivity index (χ0n) is 64.5. The molecule has 10 rings (SSSR count). The van der Waals surface area contributed by atoms with E-state index in [1.165, 1.54) is 32.6 Å². The Morgan fingerprint density at radius 3 is 1.75 bits per heavy atom. The van der Waals surface area contributed by atoms with E-state index in [4.69, 9.17) is 25.1 Å². The number of alkyl carbamates (subject to hydrolysis) is 1. The van der Waals surface area contributed by atoms with Gasteiger partial charge in [0.1, 0.15) is 41.9 Å². The minimum Gasteiger partial charge on any atom is -0.483 e. The van der Waals surface area contributed by atoms with Gasteiger partial charge in [0.2, 0.25) is 11.8 Å². The molecular formula is C82H107N13O13S3. The molecule has 2 aliphatic heterocycles. The van der Waals surface area contributed by atoms with E-state index in [9.17, 15) is 43.8 Å². The number of nitrogens with zero attached hydrogens (tertiary/aromatic N) is 6. The van der Waals surface area contributed by atoms with Gasteiger partial charge in [0.15, 0.2) is 6.61 Å². The van der Waals surface area contributed by atoms with Crippen LogP contribution in [-0.2, 0) is 62.7 Å². The fourth-order valence-corrected chi connectivity index (χ4v) is 15.1. The van der Waals surface area contributed by atoms with Gasteiger partial charge in [0.25, 0.3) is 5.91 Å². The zero-order valence-corrected chi connectivity index (χ0v) is 66.9. The lowest BCUT2D eigenvalue weighted by Crippen LogP contribution is -2.59. The third-order valence-electron chi connectivity index (χ3n) is 18.6. The number of aromatic nitrogens is 4. The number of hydrogen-bond donors (Lipinski definition) is 10. The molecule has 2 fully saturated rings.